The van der Waals surface area contributed by atoms with Crippen molar-refractivity contribution >= 4 is 31.4 Å². The quantitative estimate of drug-likeness (QED) is 0.719. The second kappa shape index (κ2) is 8.44. The third-order valence-corrected chi connectivity index (χ3v) is 9.00. The van der Waals surface area contributed by atoms with Gasteiger partial charge in [-0.1, -0.05) is 26.8 Å². The maximum atomic E-state index is 13.0. The Bertz CT molecular complexity index is 1020. The van der Waals surface area contributed by atoms with E-state index in [0.717, 1.165) is 4.88 Å². The molecule has 1 aliphatic heterocycles. The van der Waals surface area contributed by atoms with E-state index in [-0.39, 0.29) is 28.3 Å². The highest BCUT2D eigenvalue weighted by Gasteiger charge is 2.32. The fourth-order valence-electron chi connectivity index (χ4n) is 3.07. The smallest absolute Gasteiger partial charge is 0.243 e. The fraction of sp³-hybridized carbons (Fsp3) is 0.474. The van der Waals surface area contributed by atoms with Crippen LogP contribution in [0.15, 0.2) is 51.6 Å². The van der Waals surface area contributed by atoms with E-state index < -0.39 is 26.1 Å². The predicted molar refractivity (Wildman–Crippen MR) is 113 cm³/mol. The lowest BCUT2D eigenvalue weighted by Gasteiger charge is -2.30. The summed E-state index contributed by atoms with van der Waals surface area (Å²) in [6, 6.07) is 8.75. The topological polar surface area (TPSA) is 92.8 Å². The van der Waals surface area contributed by atoms with Gasteiger partial charge in [0.1, 0.15) is 0 Å². The zero-order valence-corrected chi connectivity index (χ0v) is 19.1. The minimum Gasteiger partial charge on any atom is -0.379 e. The van der Waals surface area contributed by atoms with Crippen LogP contribution >= 0.6 is 11.3 Å². The van der Waals surface area contributed by atoms with E-state index in [4.69, 9.17) is 4.74 Å². The summed E-state index contributed by atoms with van der Waals surface area (Å²) in [5.41, 5.74) is -0.336. The van der Waals surface area contributed by atoms with Gasteiger partial charge in [0.15, 0.2) is 0 Å². The summed E-state index contributed by atoms with van der Waals surface area (Å²) in [5, 5.41) is 1.91. The molecule has 3 rings (SSSR count). The number of hydrogen-bond donors (Lipinski definition) is 1. The van der Waals surface area contributed by atoms with Crippen molar-refractivity contribution in [3.8, 4) is 0 Å². The first-order valence-corrected chi connectivity index (χ1v) is 13.1. The highest BCUT2D eigenvalue weighted by molar-refractivity contribution is 7.89. The fourth-order valence-corrected chi connectivity index (χ4v) is 6.99. The van der Waals surface area contributed by atoms with Crippen molar-refractivity contribution in [1.82, 2.24) is 9.03 Å². The molecule has 1 aliphatic rings. The van der Waals surface area contributed by atoms with E-state index in [1.54, 1.807) is 0 Å². The highest BCUT2D eigenvalue weighted by atomic mass is 32.2. The second-order valence-corrected chi connectivity index (χ2v) is 12.6. The highest BCUT2D eigenvalue weighted by Crippen LogP contribution is 2.36. The standard InChI is InChI=1S/C19H26N2O5S3/c1-19(2,3)18(17-5-4-14-27-17)20-28(22,23)15-6-8-16(9-7-15)29(24,25)21-10-12-26-13-11-21/h4-9,14,18,20H,10-13H2,1-3H3. The summed E-state index contributed by atoms with van der Waals surface area (Å²) in [5.74, 6) is 0. The first kappa shape index (κ1) is 22.4. The lowest BCUT2D eigenvalue weighted by atomic mass is 9.86. The van der Waals surface area contributed by atoms with Gasteiger partial charge in [-0.3, -0.25) is 0 Å². The average Bonchev–Trinajstić information content (AvgIpc) is 3.20. The molecule has 2 aromatic rings. The first-order chi connectivity index (χ1) is 13.5. The van der Waals surface area contributed by atoms with Gasteiger partial charge in [0.25, 0.3) is 0 Å². The molecular weight excluding hydrogens is 432 g/mol. The van der Waals surface area contributed by atoms with E-state index in [9.17, 15) is 16.8 Å². The Morgan fingerprint density at radius 3 is 2.10 bits per heavy atom. The second-order valence-electron chi connectivity index (χ2n) is 7.92. The van der Waals surface area contributed by atoms with Gasteiger partial charge in [0, 0.05) is 18.0 Å². The molecule has 0 radical (unpaired) electrons. The van der Waals surface area contributed by atoms with Crippen molar-refractivity contribution in [2.75, 3.05) is 26.3 Å². The first-order valence-electron chi connectivity index (χ1n) is 9.25. The molecule has 160 valence electrons. The van der Waals surface area contributed by atoms with Gasteiger partial charge in [-0.15, -0.1) is 11.3 Å². The number of morpholine rings is 1. The summed E-state index contributed by atoms with van der Waals surface area (Å²) in [7, 11) is -7.49. The molecule has 1 aromatic carbocycles. The third-order valence-electron chi connectivity index (χ3n) is 4.71. The van der Waals surface area contributed by atoms with Crippen LogP contribution in [0.4, 0.5) is 0 Å². The molecule has 1 aromatic heterocycles. The Hall–Kier alpha value is -1.30. The average molecular weight is 459 g/mol. The molecule has 1 N–H and O–H groups in total. The Labute approximate surface area is 176 Å². The Balaban J connectivity index is 1.84. The van der Waals surface area contributed by atoms with Crippen molar-refractivity contribution in [2.24, 2.45) is 5.41 Å². The minimum atomic E-state index is -3.83. The molecule has 1 atom stereocenters. The molecular formula is C19H26N2O5S3. The molecule has 1 unspecified atom stereocenters. The monoisotopic (exact) mass is 458 g/mol. The van der Waals surface area contributed by atoms with Crippen LogP contribution in [0.1, 0.15) is 31.7 Å². The Kier molecular flexibility index (Phi) is 6.52. The lowest BCUT2D eigenvalue weighted by Crippen LogP contribution is -2.40. The van der Waals surface area contributed by atoms with Crippen molar-refractivity contribution < 1.29 is 21.6 Å². The zero-order chi connectivity index (χ0) is 21.3. The summed E-state index contributed by atoms with van der Waals surface area (Å²) in [6.07, 6.45) is 0. The number of nitrogens with one attached hydrogen (secondary N) is 1. The van der Waals surface area contributed by atoms with E-state index in [0.29, 0.717) is 13.2 Å². The van der Waals surface area contributed by atoms with Crippen LogP contribution in [0.2, 0.25) is 0 Å². The van der Waals surface area contributed by atoms with Crippen LogP contribution in [0.3, 0.4) is 0 Å². The van der Waals surface area contributed by atoms with Crippen LogP contribution in [-0.2, 0) is 24.8 Å². The third kappa shape index (κ3) is 5.07. The summed E-state index contributed by atoms with van der Waals surface area (Å²) >= 11 is 1.49. The predicted octanol–water partition coefficient (Wildman–Crippen LogP) is 2.83. The van der Waals surface area contributed by atoms with E-state index in [1.165, 1.54) is 39.9 Å². The Morgan fingerprint density at radius 1 is 1.00 bits per heavy atom. The van der Waals surface area contributed by atoms with Gasteiger partial charge in [0.05, 0.1) is 29.0 Å². The minimum absolute atomic E-state index is 0.0317. The summed E-state index contributed by atoms with van der Waals surface area (Å²) < 4.78 is 60.7. The maximum Gasteiger partial charge on any atom is 0.243 e. The molecule has 0 saturated carbocycles. The van der Waals surface area contributed by atoms with Crippen molar-refractivity contribution in [3.05, 3.63) is 46.7 Å². The van der Waals surface area contributed by atoms with Crippen LogP contribution in [0.25, 0.3) is 0 Å². The molecule has 1 fully saturated rings. The van der Waals surface area contributed by atoms with Crippen LogP contribution in [0, 0.1) is 5.41 Å². The lowest BCUT2D eigenvalue weighted by molar-refractivity contribution is 0.0730. The van der Waals surface area contributed by atoms with Crippen molar-refractivity contribution in [3.63, 3.8) is 0 Å². The van der Waals surface area contributed by atoms with Crippen molar-refractivity contribution in [1.29, 1.82) is 0 Å². The van der Waals surface area contributed by atoms with Crippen LogP contribution in [0.5, 0.6) is 0 Å². The van der Waals surface area contributed by atoms with Gasteiger partial charge < -0.3 is 4.74 Å². The van der Waals surface area contributed by atoms with E-state index in [2.05, 4.69) is 4.72 Å². The molecule has 0 spiro atoms. The summed E-state index contributed by atoms with van der Waals surface area (Å²) in [4.78, 5) is 1.03. The number of sulfonamides is 2. The number of rotatable bonds is 6. The van der Waals surface area contributed by atoms with Crippen molar-refractivity contribution in [2.45, 2.75) is 36.6 Å². The maximum absolute atomic E-state index is 13.0. The van der Waals surface area contributed by atoms with Gasteiger partial charge in [-0.2, -0.15) is 4.31 Å². The largest absolute Gasteiger partial charge is 0.379 e. The molecule has 0 aliphatic carbocycles. The molecule has 1 saturated heterocycles. The molecule has 0 bridgehead atoms. The molecule has 2 heterocycles. The van der Waals surface area contributed by atoms with Crippen LogP contribution in [-0.4, -0.2) is 47.4 Å². The molecule has 0 amide bonds. The number of hydrogen-bond acceptors (Lipinski definition) is 6. The van der Waals surface area contributed by atoms with Crippen LogP contribution < -0.4 is 4.72 Å². The van der Waals surface area contributed by atoms with E-state index in [1.807, 2.05) is 38.3 Å². The SMILES string of the molecule is CC(C)(C)C(NS(=O)(=O)c1ccc(S(=O)(=O)N2CCOCC2)cc1)c1cccs1. The van der Waals surface area contributed by atoms with Gasteiger partial charge >= 0.3 is 0 Å². The number of nitrogens with zero attached hydrogens (tertiary/aromatic N) is 1. The number of ether oxygens (including phenoxy) is 1. The number of thiophene rings is 1. The van der Waals surface area contributed by atoms with E-state index >= 15 is 0 Å². The molecule has 29 heavy (non-hydrogen) atoms. The van der Waals surface area contributed by atoms with Gasteiger partial charge in [-0.05, 0) is 41.1 Å². The normalized spacial score (nSPS) is 17.9. The van der Waals surface area contributed by atoms with Gasteiger partial charge in [0.2, 0.25) is 20.0 Å². The summed E-state index contributed by atoms with van der Waals surface area (Å²) in [6.45, 7) is 7.20. The number of benzene rings is 1. The molecule has 7 nitrogen and oxygen atoms in total. The molecule has 10 heteroatoms. The van der Waals surface area contributed by atoms with Gasteiger partial charge in [-0.25, -0.2) is 21.6 Å². The Morgan fingerprint density at radius 2 is 1.59 bits per heavy atom. The zero-order valence-electron chi connectivity index (χ0n) is 16.7.